The zero-order valence-corrected chi connectivity index (χ0v) is 14.2. The van der Waals surface area contributed by atoms with Gasteiger partial charge in [0.1, 0.15) is 6.42 Å². The van der Waals surface area contributed by atoms with Crippen molar-refractivity contribution in [2.45, 2.75) is 20.3 Å². The fourth-order valence-corrected chi connectivity index (χ4v) is 2.63. The molecule has 25 heavy (non-hydrogen) atoms. The lowest BCUT2D eigenvalue weighted by atomic mass is 10.1. The average Bonchev–Trinajstić information content (AvgIpc) is 2.59. The van der Waals surface area contributed by atoms with Crippen LogP contribution in [0.2, 0.25) is 0 Å². The molecule has 0 aliphatic carbocycles. The molecule has 0 radical (unpaired) electrons. The van der Waals surface area contributed by atoms with Crippen molar-refractivity contribution in [3.05, 3.63) is 65.9 Å². The fourth-order valence-electron chi connectivity index (χ4n) is 2.63. The van der Waals surface area contributed by atoms with Crippen LogP contribution in [0.3, 0.4) is 0 Å². The highest BCUT2D eigenvalue weighted by Crippen LogP contribution is 2.21. The Labute approximate surface area is 146 Å². The molecule has 126 valence electrons. The first-order chi connectivity index (χ1) is 12.0. The number of hydrogen-bond donors (Lipinski definition) is 2. The summed E-state index contributed by atoms with van der Waals surface area (Å²) in [6, 6.07) is 15.0. The zero-order valence-electron chi connectivity index (χ0n) is 14.2. The molecule has 0 saturated heterocycles. The number of amides is 2. The van der Waals surface area contributed by atoms with E-state index in [4.69, 9.17) is 0 Å². The maximum absolute atomic E-state index is 12.2. The number of fused-ring (bicyclic) bond motifs is 1. The smallest absolute Gasteiger partial charge is 0.233 e. The van der Waals surface area contributed by atoms with E-state index in [-0.39, 0.29) is 18.2 Å². The Balaban J connectivity index is 1.68. The highest BCUT2D eigenvalue weighted by Gasteiger charge is 2.13. The lowest BCUT2D eigenvalue weighted by Gasteiger charge is -2.11. The zero-order chi connectivity index (χ0) is 17.8. The molecule has 5 nitrogen and oxygen atoms in total. The van der Waals surface area contributed by atoms with Gasteiger partial charge in [0.2, 0.25) is 11.8 Å². The molecule has 1 heterocycles. The van der Waals surface area contributed by atoms with E-state index in [0.29, 0.717) is 11.2 Å². The van der Waals surface area contributed by atoms with Crippen molar-refractivity contribution in [3.63, 3.8) is 0 Å². The van der Waals surface area contributed by atoms with Gasteiger partial charge in [-0.1, -0.05) is 30.3 Å². The number of benzene rings is 2. The van der Waals surface area contributed by atoms with Crippen LogP contribution in [0.25, 0.3) is 10.9 Å². The summed E-state index contributed by atoms with van der Waals surface area (Å²) < 4.78 is 0. The first-order valence-corrected chi connectivity index (χ1v) is 8.04. The van der Waals surface area contributed by atoms with Crippen molar-refractivity contribution in [1.29, 1.82) is 0 Å². The van der Waals surface area contributed by atoms with Gasteiger partial charge in [-0.2, -0.15) is 0 Å². The highest BCUT2D eigenvalue weighted by atomic mass is 16.2. The SMILES string of the molecule is Cc1cccc(NC(=O)CC(=O)Nc2cccc3cccnc23)c1C. The second-order valence-electron chi connectivity index (χ2n) is 5.90. The maximum atomic E-state index is 12.2. The number of pyridine rings is 1. The molecule has 0 fully saturated rings. The van der Waals surface area contributed by atoms with Gasteiger partial charge in [0.15, 0.2) is 0 Å². The number of carbonyl (C=O) groups excluding carboxylic acids is 2. The van der Waals surface area contributed by atoms with E-state index < -0.39 is 0 Å². The summed E-state index contributed by atoms with van der Waals surface area (Å²) in [6.07, 6.45) is 1.42. The molecule has 2 amide bonds. The van der Waals surface area contributed by atoms with Crippen LogP contribution in [0.1, 0.15) is 17.5 Å². The van der Waals surface area contributed by atoms with Gasteiger partial charge in [0, 0.05) is 17.3 Å². The Morgan fingerprint density at radius 1 is 0.880 bits per heavy atom. The third-order valence-electron chi connectivity index (χ3n) is 4.11. The predicted molar refractivity (Wildman–Crippen MR) is 99.5 cm³/mol. The molecule has 0 aliphatic rings. The Hall–Kier alpha value is -3.21. The summed E-state index contributed by atoms with van der Waals surface area (Å²) in [5.41, 5.74) is 4.11. The van der Waals surface area contributed by atoms with Crippen LogP contribution in [0.4, 0.5) is 11.4 Å². The van der Waals surface area contributed by atoms with E-state index in [0.717, 1.165) is 22.2 Å². The first-order valence-electron chi connectivity index (χ1n) is 8.04. The summed E-state index contributed by atoms with van der Waals surface area (Å²) in [6.45, 7) is 3.91. The number of rotatable bonds is 4. The number of nitrogens with one attached hydrogen (secondary N) is 2. The third-order valence-corrected chi connectivity index (χ3v) is 4.11. The van der Waals surface area contributed by atoms with E-state index in [9.17, 15) is 9.59 Å². The molecule has 0 saturated carbocycles. The quantitative estimate of drug-likeness (QED) is 0.713. The standard InChI is InChI=1S/C20H19N3O2/c1-13-6-3-9-16(14(13)2)22-18(24)12-19(25)23-17-10-4-7-15-8-5-11-21-20(15)17/h3-11H,12H2,1-2H3,(H,22,24)(H,23,25). The van der Waals surface area contributed by atoms with Crippen molar-refractivity contribution >= 4 is 34.1 Å². The maximum Gasteiger partial charge on any atom is 0.233 e. The Morgan fingerprint density at radius 2 is 1.52 bits per heavy atom. The third kappa shape index (κ3) is 3.83. The molecule has 0 bridgehead atoms. The Morgan fingerprint density at radius 3 is 2.32 bits per heavy atom. The van der Waals surface area contributed by atoms with Crippen LogP contribution in [0, 0.1) is 13.8 Å². The molecular weight excluding hydrogens is 314 g/mol. The molecule has 0 aliphatic heterocycles. The second kappa shape index (κ2) is 7.13. The lowest BCUT2D eigenvalue weighted by molar-refractivity contribution is -0.123. The van der Waals surface area contributed by atoms with Gasteiger partial charge in [-0.3, -0.25) is 14.6 Å². The monoisotopic (exact) mass is 333 g/mol. The van der Waals surface area contributed by atoms with Crippen LogP contribution in [0.15, 0.2) is 54.7 Å². The van der Waals surface area contributed by atoms with Gasteiger partial charge in [-0.15, -0.1) is 0 Å². The van der Waals surface area contributed by atoms with E-state index in [1.807, 2.05) is 56.3 Å². The van der Waals surface area contributed by atoms with Gasteiger partial charge >= 0.3 is 0 Å². The van der Waals surface area contributed by atoms with Gasteiger partial charge < -0.3 is 10.6 Å². The number of anilines is 2. The molecule has 0 atom stereocenters. The molecule has 2 aromatic carbocycles. The fraction of sp³-hybridized carbons (Fsp3) is 0.150. The summed E-state index contributed by atoms with van der Waals surface area (Å²) in [5, 5.41) is 6.49. The van der Waals surface area contributed by atoms with Crippen LogP contribution in [-0.2, 0) is 9.59 Å². The Bertz CT molecular complexity index is 945. The number of aromatic nitrogens is 1. The van der Waals surface area contributed by atoms with Gasteiger partial charge in [0.05, 0.1) is 11.2 Å². The number of para-hydroxylation sites is 1. The Kier molecular flexibility index (Phi) is 4.75. The van der Waals surface area contributed by atoms with Crippen LogP contribution in [0.5, 0.6) is 0 Å². The van der Waals surface area contributed by atoms with Crippen molar-refractivity contribution < 1.29 is 9.59 Å². The first kappa shape index (κ1) is 16.6. The van der Waals surface area contributed by atoms with E-state index in [1.165, 1.54) is 0 Å². The number of aryl methyl sites for hydroxylation is 1. The minimum absolute atomic E-state index is 0.253. The van der Waals surface area contributed by atoms with E-state index >= 15 is 0 Å². The van der Waals surface area contributed by atoms with Gasteiger partial charge in [0.25, 0.3) is 0 Å². The van der Waals surface area contributed by atoms with Crippen molar-refractivity contribution in [2.24, 2.45) is 0 Å². The van der Waals surface area contributed by atoms with E-state index in [1.54, 1.807) is 12.3 Å². The number of carbonyl (C=O) groups is 2. The summed E-state index contributed by atoms with van der Waals surface area (Å²) in [4.78, 5) is 28.6. The minimum atomic E-state index is -0.374. The molecule has 0 unspecified atom stereocenters. The molecule has 5 heteroatoms. The predicted octanol–water partition coefficient (Wildman–Crippen LogP) is 3.82. The lowest BCUT2D eigenvalue weighted by Crippen LogP contribution is -2.22. The number of hydrogen-bond acceptors (Lipinski definition) is 3. The largest absolute Gasteiger partial charge is 0.325 e. The highest BCUT2D eigenvalue weighted by molar-refractivity contribution is 6.10. The normalized spacial score (nSPS) is 10.5. The van der Waals surface area contributed by atoms with Crippen LogP contribution < -0.4 is 10.6 Å². The topological polar surface area (TPSA) is 71.1 Å². The molecule has 3 aromatic rings. The van der Waals surface area contributed by atoms with Crippen LogP contribution in [-0.4, -0.2) is 16.8 Å². The van der Waals surface area contributed by atoms with Gasteiger partial charge in [-0.25, -0.2) is 0 Å². The van der Waals surface area contributed by atoms with Crippen molar-refractivity contribution in [3.8, 4) is 0 Å². The minimum Gasteiger partial charge on any atom is -0.325 e. The molecular formula is C20H19N3O2. The average molecular weight is 333 g/mol. The van der Waals surface area contributed by atoms with Crippen molar-refractivity contribution in [1.82, 2.24) is 4.98 Å². The van der Waals surface area contributed by atoms with Crippen molar-refractivity contribution in [2.75, 3.05) is 10.6 Å². The molecule has 0 spiro atoms. The second-order valence-corrected chi connectivity index (χ2v) is 5.90. The summed E-state index contributed by atoms with van der Waals surface area (Å²) in [5.74, 6) is -0.722. The summed E-state index contributed by atoms with van der Waals surface area (Å²) in [7, 11) is 0. The number of nitrogens with zero attached hydrogens (tertiary/aromatic N) is 1. The molecule has 3 rings (SSSR count). The molecule has 2 N–H and O–H groups in total. The van der Waals surface area contributed by atoms with E-state index in [2.05, 4.69) is 15.6 Å². The summed E-state index contributed by atoms with van der Waals surface area (Å²) >= 11 is 0. The van der Waals surface area contributed by atoms with Crippen LogP contribution >= 0.6 is 0 Å². The van der Waals surface area contributed by atoms with Gasteiger partial charge in [-0.05, 0) is 43.2 Å². The molecule has 1 aromatic heterocycles.